The van der Waals surface area contributed by atoms with Crippen molar-refractivity contribution in [2.45, 2.75) is 40.0 Å². The predicted molar refractivity (Wildman–Crippen MR) is 72.9 cm³/mol. The number of Topliss-reactive ketones (excluding diaryl/α,β-unsaturated/α-hetero) is 2. The van der Waals surface area contributed by atoms with E-state index in [0.717, 1.165) is 0 Å². The summed E-state index contributed by atoms with van der Waals surface area (Å²) in [7, 11) is 0. The van der Waals surface area contributed by atoms with E-state index in [0.29, 0.717) is 36.5 Å². The molecule has 102 valence electrons. The Labute approximate surface area is 112 Å². The van der Waals surface area contributed by atoms with Gasteiger partial charge in [-0.05, 0) is 18.1 Å². The van der Waals surface area contributed by atoms with Crippen LogP contribution in [0, 0.1) is 5.41 Å². The van der Waals surface area contributed by atoms with Gasteiger partial charge in [0.25, 0.3) is 0 Å². The van der Waals surface area contributed by atoms with Gasteiger partial charge in [0.2, 0.25) is 0 Å². The molecule has 1 saturated carbocycles. The third kappa shape index (κ3) is 3.85. The number of allylic oxidation sites excluding steroid dienone is 2. The lowest BCUT2D eigenvalue weighted by Crippen LogP contribution is -2.34. The van der Waals surface area contributed by atoms with E-state index in [1.807, 2.05) is 27.0 Å². The molecule has 0 bridgehead atoms. The van der Waals surface area contributed by atoms with E-state index in [1.54, 1.807) is 0 Å². The van der Waals surface area contributed by atoms with Crippen molar-refractivity contribution in [1.82, 2.24) is 5.48 Å². The van der Waals surface area contributed by atoms with Gasteiger partial charge in [-0.15, -0.1) is 11.8 Å². The van der Waals surface area contributed by atoms with Crippen LogP contribution >= 0.6 is 11.8 Å². The molecule has 0 aliphatic heterocycles. The minimum Gasteiger partial charge on any atom is -0.294 e. The Morgan fingerprint density at radius 2 is 1.89 bits per heavy atom. The molecule has 1 fully saturated rings. The summed E-state index contributed by atoms with van der Waals surface area (Å²) in [5.74, 6) is 0.326. The van der Waals surface area contributed by atoms with Crippen molar-refractivity contribution in [1.29, 1.82) is 0 Å². The number of hydroxylamine groups is 1. The highest BCUT2D eigenvalue weighted by atomic mass is 32.2. The number of hydrogen-bond donors (Lipinski definition) is 1. The van der Waals surface area contributed by atoms with Gasteiger partial charge >= 0.3 is 0 Å². The Hall–Kier alpha value is -0.810. The van der Waals surface area contributed by atoms with Crippen LogP contribution in [0.5, 0.6) is 0 Å². The molecule has 0 amide bonds. The smallest absolute Gasteiger partial charge is 0.168 e. The highest BCUT2D eigenvalue weighted by Crippen LogP contribution is 2.34. The van der Waals surface area contributed by atoms with Crippen molar-refractivity contribution < 1.29 is 14.4 Å². The van der Waals surface area contributed by atoms with Crippen molar-refractivity contribution in [3.8, 4) is 0 Å². The predicted octanol–water partition coefficient (Wildman–Crippen LogP) is 2.45. The molecule has 0 spiro atoms. The van der Waals surface area contributed by atoms with Crippen LogP contribution in [0.2, 0.25) is 0 Å². The first-order valence-electron chi connectivity index (χ1n) is 6.07. The molecule has 0 unspecified atom stereocenters. The Morgan fingerprint density at radius 1 is 1.33 bits per heavy atom. The van der Waals surface area contributed by atoms with Crippen LogP contribution in [0.1, 0.15) is 40.0 Å². The van der Waals surface area contributed by atoms with E-state index in [-0.39, 0.29) is 17.0 Å². The highest BCUT2D eigenvalue weighted by Gasteiger charge is 2.37. The average molecular weight is 271 g/mol. The van der Waals surface area contributed by atoms with Crippen LogP contribution in [0.25, 0.3) is 0 Å². The van der Waals surface area contributed by atoms with Gasteiger partial charge in [0.1, 0.15) is 5.94 Å². The summed E-state index contributed by atoms with van der Waals surface area (Å²) in [6.45, 7) is 5.80. The maximum atomic E-state index is 12.1. The summed E-state index contributed by atoms with van der Waals surface area (Å²) in [4.78, 5) is 29.3. The van der Waals surface area contributed by atoms with E-state index in [2.05, 4.69) is 5.48 Å². The lowest BCUT2D eigenvalue weighted by atomic mass is 9.73. The summed E-state index contributed by atoms with van der Waals surface area (Å²) >= 11 is 1.52. The molecular weight excluding hydrogens is 250 g/mol. The summed E-state index contributed by atoms with van der Waals surface area (Å²) in [6.07, 6.45) is 3.34. The molecule has 0 radical (unpaired) electrons. The highest BCUT2D eigenvalue weighted by molar-refractivity contribution is 7.98. The second-order valence-electron chi connectivity index (χ2n) is 5.22. The lowest BCUT2D eigenvalue weighted by molar-refractivity contribution is -0.127. The molecule has 5 heteroatoms. The molecule has 0 heterocycles. The van der Waals surface area contributed by atoms with Gasteiger partial charge in [-0.3, -0.25) is 19.9 Å². The zero-order valence-corrected chi connectivity index (χ0v) is 12.3. The third-order valence-electron chi connectivity index (χ3n) is 2.86. The SMILES string of the molecule is CCC(NOCSC)=C1C(=O)CC(C)(C)CC1=O. The van der Waals surface area contributed by atoms with Crippen LogP contribution in [0.15, 0.2) is 11.3 Å². The number of rotatable bonds is 5. The summed E-state index contributed by atoms with van der Waals surface area (Å²) < 4.78 is 0. The van der Waals surface area contributed by atoms with Crippen molar-refractivity contribution >= 4 is 23.3 Å². The van der Waals surface area contributed by atoms with E-state index in [1.165, 1.54) is 11.8 Å². The van der Waals surface area contributed by atoms with Gasteiger partial charge in [0.15, 0.2) is 11.6 Å². The molecule has 0 aromatic rings. The zero-order chi connectivity index (χ0) is 13.8. The third-order valence-corrected chi connectivity index (χ3v) is 3.22. The maximum Gasteiger partial charge on any atom is 0.168 e. The number of ketones is 2. The fourth-order valence-corrected chi connectivity index (χ4v) is 2.25. The van der Waals surface area contributed by atoms with Gasteiger partial charge < -0.3 is 0 Å². The first kappa shape index (κ1) is 15.2. The summed E-state index contributed by atoms with van der Waals surface area (Å²) in [5, 5.41) is 0. The van der Waals surface area contributed by atoms with Crippen molar-refractivity contribution in [2.75, 3.05) is 12.2 Å². The van der Waals surface area contributed by atoms with E-state index in [9.17, 15) is 9.59 Å². The number of nitrogens with one attached hydrogen (secondary N) is 1. The minimum absolute atomic E-state index is 0.0756. The number of carbonyl (C=O) groups excluding carboxylic acids is 2. The molecule has 0 aromatic heterocycles. The fourth-order valence-electron chi connectivity index (χ4n) is 2.08. The van der Waals surface area contributed by atoms with E-state index >= 15 is 0 Å². The molecule has 1 aliphatic rings. The van der Waals surface area contributed by atoms with Crippen molar-refractivity contribution in [2.24, 2.45) is 5.41 Å². The van der Waals surface area contributed by atoms with Gasteiger partial charge in [-0.1, -0.05) is 20.8 Å². The van der Waals surface area contributed by atoms with Gasteiger partial charge in [0.05, 0.1) is 11.3 Å². The summed E-state index contributed by atoms with van der Waals surface area (Å²) in [5.41, 5.74) is 3.43. The van der Waals surface area contributed by atoms with Crippen molar-refractivity contribution in [3.05, 3.63) is 11.3 Å². The maximum absolute atomic E-state index is 12.1. The first-order chi connectivity index (χ1) is 8.41. The Morgan fingerprint density at radius 3 is 2.33 bits per heavy atom. The standard InChI is InChI=1S/C13H21NO3S/c1-5-9(14-17-8-18-4)12-10(15)6-13(2,3)7-11(12)16/h14H,5-8H2,1-4H3. The Balaban J connectivity index is 2.89. The normalized spacial score (nSPS) is 19.0. The number of hydrogen-bond acceptors (Lipinski definition) is 5. The largest absolute Gasteiger partial charge is 0.294 e. The van der Waals surface area contributed by atoms with Crippen LogP contribution in [0.4, 0.5) is 0 Å². The van der Waals surface area contributed by atoms with Crippen LogP contribution in [-0.2, 0) is 14.4 Å². The molecule has 1 rings (SSSR count). The van der Waals surface area contributed by atoms with E-state index in [4.69, 9.17) is 4.84 Å². The Bertz CT molecular complexity index is 352. The summed E-state index contributed by atoms with van der Waals surface area (Å²) in [6, 6.07) is 0. The topological polar surface area (TPSA) is 55.4 Å². The van der Waals surface area contributed by atoms with Gasteiger partial charge in [-0.25, -0.2) is 0 Å². The van der Waals surface area contributed by atoms with Gasteiger partial charge in [0, 0.05) is 12.8 Å². The molecule has 0 atom stereocenters. The molecule has 1 aliphatic carbocycles. The first-order valence-corrected chi connectivity index (χ1v) is 7.47. The zero-order valence-electron chi connectivity index (χ0n) is 11.5. The Kier molecular flexibility index (Phi) is 5.41. The van der Waals surface area contributed by atoms with Crippen molar-refractivity contribution in [3.63, 3.8) is 0 Å². The second-order valence-corrected chi connectivity index (χ2v) is 6.04. The number of carbonyl (C=O) groups is 2. The number of thioether (sulfide) groups is 1. The minimum atomic E-state index is -0.226. The van der Waals surface area contributed by atoms with Crippen LogP contribution in [0.3, 0.4) is 0 Å². The molecule has 4 nitrogen and oxygen atoms in total. The van der Waals surface area contributed by atoms with Crippen LogP contribution < -0.4 is 5.48 Å². The molecule has 0 aromatic carbocycles. The quantitative estimate of drug-likeness (QED) is 0.274. The fraction of sp³-hybridized carbons (Fsp3) is 0.692. The van der Waals surface area contributed by atoms with E-state index < -0.39 is 0 Å². The van der Waals surface area contributed by atoms with Gasteiger partial charge in [-0.2, -0.15) is 0 Å². The molecule has 18 heavy (non-hydrogen) atoms. The average Bonchev–Trinajstić information content (AvgIpc) is 2.24. The van der Waals surface area contributed by atoms with Crippen LogP contribution in [-0.4, -0.2) is 23.8 Å². The monoisotopic (exact) mass is 271 g/mol. The molecule has 0 saturated heterocycles. The molecular formula is C13H21NO3S. The lowest BCUT2D eigenvalue weighted by Gasteiger charge is -2.29. The molecule has 1 N–H and O–H groups in total. The second kappa shape index (κ2) is 6.38.